The monoisotopic (exact) mass is 436 g/mol. The second-order valence-electron chi connectivity index (χ2n) is 6.98. The molecule has 2 aromatic rings. The highest BCUT2D eigenvalue weighted by Gasteiger charge is 2.33. The fourth-order valence-corrected chi connectivity index (χ4v) is 3.64. The molecule has 2 N–H and O–H groups in total. The van der Waals surface area contributed by atoms with Crippen molar-refractivity contribution in [3.05, 3.63) is 34.1 Å². The summed E-state index contributed by atoms with van der Waals surface area (Å²) in [5.74, 6) is -0.251. The number of aromatic nitrogens is 4. The molecule has 2 aromatic heterocycles. The van der Waals surface area contributed by atoms with Gasteiger partial charge >= 0.3 is 5.97 Å². The van der Waals surface area contributed by atoms with Crippen LogP contribution in [-0.2, 0) is 15.9 Å². The molecule has 0 spiro atoms. The third-order valence-corrected chi connectivity index (χ3v) is 5.31. The molecule has 0 saturated carbocycles. The van der Waals surface area contributed by atoms with Crippen molar-refractivity contribution in [3.8, 4) is 0 Å². The van der Waals surface area contributed by atoms with Crippen LogP contribution in [0.4, 0.5) is 5.95 Å². The number of rotatable bonds is 6. The number of imidazole rings is 1. The number of hydrogen-bond acceptors (Lipinski definition) is 8. The van der Waals surface area contributed by atoms with Gasteiger partial charge < -0.3 is 24.7 Å². The SMILES string of the molecule is CCc1[nH]c(C(=O)NC2CCN(c3nc(C)cc(C(=O)OC)n3)CC2OC)nc1Cl. The Labute approximate surface area is 179 Å². The number of esters is 1. The Bertz CT molecular complexity index is 934. The minimum absolute atomic E-state index is 0.180. The fraction of sp³-hybridized carbons (Fsp3) is 0.526. The van der Waals surface area contributed by atoms with E-state index in [9.17, 15) is 9.59 Å². The van der Waals surface area contributed by atoms with Crippen LogP contribution in [0.2, 0.25) is 5.15 Å². The molecule has 0 bridgehead atoms. The molecule has 162 valence electrons. The molecule has 3 heterocycles. The summed E-state index contributed by atoms with van der Waals surface area (Å²) in [5, 5.41) is 3.27. The first-order chi connectivity index (χ1) is 14.4. The normalized spacial score (nSPS) is 18.9. The summed E-state index contributed by atoms with van der Waals surface area (Å²) in [6.07, 6.45) is 0.955. The number of methoxy groups -OCH3 is 2. The molecule has 1 aliphatic heterocycles. The van der Waals surface area contributed by atoms with Gasteiger partial charge in [-0.1, -0.05) is 18.5 Å². The maximum absolute atomic E-state index is 12.6. The zero-order valence-electron chi connectivity index (χ0n) is 17.4. The van der Waals surface area contributed by atoms with Gasteiger partial charge in [0.25, 0.3) is 5.91 Å². The van der Waals surface area contributed by atoms with Crippen molar-refractivity contribution in [3.63, 3.8) is 0 Å². The van der Waals surface area contributed by atoms with E-state index in [0.717, 1.165) is 5.69 Å². The third kappa shape index (κ3) is 4.71. The van der Waals surface area contributed by atoms with Crippen LogP contribution < -0.4 is 10.2 Å². The highest BCUT2D eigenvalue weighted by molar-refractivity contribution is 6.30. The number of halogens is 1. The Kier molecular flexibility index (Phi) is 6.88. The standard InChI is InChI=1S/C19H25ClN6O4/c1-5-11-15(20)25-16(22-11)17(27)23-12-6-7-26(9-14(12)29-3)19-21-10(2)8-13(24-19)18(28)30-4/h8,12,14H,5-7,9H2,1-4H3,(H,22,25)(H,23,27). The second-order valence-corrected chi connectivity index (χ2v) is 7.34. The second kappa shape index (κ2) is 9.40. The number of carbonyl (C=O) groups excluding carboxylic acids is 2. The van der Waals surface area contributed by atoms with E-state index in [-0.39, 0.29) is 29.6 Å². The number of amides is 1. The van der Waals surface area contributed by atoms with Crippen LogP contribution in [0.25, 0.3) is 0 Å². The third-order valence-electron chi connectivity index (χ3n) is 5.00. The summed E-state index contributed by atoms with van der Waals surface area (Å²) >= 11 is 6.03. The molecule has 0 radical (unpaired) electrons. The molecule has 10 nitrogen and oxygen atoms in total. The summed E-state index contributed by atoms with van der Waals surface area (Å²) in [6.45, 7) is 4.74. The van der Waals surface area contributed by atoms with Gasteiger partial charge in [0, 0.05) is 25.9 Å². The summed E-state index contributed by atoms with van der Waals surface area (Å²) in [6, 6.07) is 1.35. The molecule has 2 atom stereocenters. The highest BCUT2D eigenvalue weighted by Crippen LogP contribution is 2.20. The molecule has 1 saturated heterocycles. The lowest BCUT2D eigenvalue weighted by atomic mass is 10.0. The van der Waals surface area contributed by atoms with Crippen molar-refractivity contribution in [1.29, 1.82) is 0 Å². The van der Waals surface area contributed by atoms with Gasteiger partial charge in [0.2, 0.25) is 5.95 Å². The minimum Gasteiger partial charge on any atom is -0.464 e. The first-order valence-corrected chi connectivity index (χ1v) is 10.0. The Balaban J connectivity index is 1.71. The van der Waals surface area contributed by atoms with Crippen LogP contribution in [0.5, 0.6) is 0 Å². The summed E-state index contributed by atoms with van der Waals surface area (Å²) in [7, 11) is 2.90. The van der Waals surface area contributed by atoms with Crippen molar-refractivity contribution < 1.29 is 19.1 Å². The smallest absolute Gasteiger partial charge is 0.356 e. The van der Waals surface area contributed by atoms with Crippen LogP contribution in [0, 0.1) is 6.92 Å². The predicted molar refractivity (Wildman–Crippen MR) is 110 cm³/mol. The topological polar surface area (TPSA) is 122 Å². The van der Waals surface area contributed by atoms with Crippen LogP contribution in [0.1, 0.15) is 45.8 Å². The Morgan fingerprint density at radius 2 is 2.10 bits per heavy atom. The number of ether oxygens (including phenoxy) is 2. The lowest BCUT2D eigenvalue weighted by Crippen LogP contribution is -2.55. The molecule has 1 amide bonds. The molecule has 30 heavy (non-hydrogen) atoms. The molecule has 1 aliphatic rings. The molecular weight excluding hydrogens is 412 g/mol. The molecule has 11 heteroatoms. The van der Waals surface area contributed by atoms with E-state index >= 15 is 0 Å². The van der Waals surface area contributed by atoms with Gasteiger partial charge in [-0.2, -0.15) is 0 Å². The largest absolute Gasteiger partial charge is 0.464 e. The van der Waals surface area contributed by atoms with E-state index in [4.69, 9.17) is 21.1 Å². The predicted octanol–water partition coefficient (Wildman–Crippen LogP) is 1.53. The summed E-state index contributed by atoms with van der Waals surface area (Å²) < 4.78 is 10.4. The van der Waals surface area contributed by atoms with Crippen LogP contribution in [-0.4, -0.2) is 71.3 Å². The number of carbonyl (C=O) groups is 2. The first kappa shape index (κ1) is 22.0. The van der Waals surface area contributed by atoms with E-state index < -0.39 is 5.97 Å². The number of H-pyrrole nitrogens is 1. The van der Waals surface area contributed by atoms with Crippen molar-refractivity contribution in [2.75, 3.05) is 32.2 Å². The maximum Gasteiger partial charge on any atom is 0.356 e. The first-order valence-electron chi connectivity index (χ1n) is 9.63. The molecular formula is C19H25ClN6O4. The van der Waals surface area contributed by atoms with Gasteiger partial charge in [0.15, 0.2) is 16.7 Å². The quantitative estimate of drug-likeness (QED) is 0.653. The van der Waals surface area contributed by atoms with E-state index in [2.05, 4.69) is 25.3 Å². The Morgan fingerprint density at radius 3 is 2.73 bits per heavy atom. The van der Waals surface area contributed by atoms with Gasteiger partial charge in [-0.3, -0.25) is 4.79 Å². The zero-order chi connectivity index (χ0) is 21.8. The van der Waals surface area contributed by atoms with Crippen molar-refractivity contribution in [1.82, 2.24) is 25.3 Å². The lowest BCUT2D eigenvalue weighted by molar-refractivity contribution is 0.0533. The Morgan fingerprint density at radius 1 is 1.33 bits per heavy atom. The van der Waals surface area contributed by atoms with Crippen molar-refractivity contribution in [2.45, 2.75) is 38.8 Å². The highest BCUT2D eigenvalue weighted by atomic mass is 35.5. The van der Waals surface area contributed by atoms with Gasteiger partial charge in [0.05, 0.1) is 24.9 Å². The minimum atomic E-state index is -0.518. The molecule has 0 aliphatic carbocycles. The van der Waals surface area contributed by atoms with E-state index in [1.165, 1.54) is 7.11 Å². The average Bonchev–Trinajstić information content (AvgIpc) is 3.13. The van der Waals surface area contributed by atoms with E-state index in [0.29, 0.717) is 42.7 Å². The number of nitrogens with one attached hydrogen (secondary N) is 2. The number of piperidine rings is 1. The van der Waals surface area contributed by atoms with Gasteiger partial charge in [-0.25, -0.2) is 19.7 Å². The van der Waals surface area contributed by atoms with Crippen LogP contribution in [0.3, 0.4) is 0 Å². The number of nitrogens with zero attached hydrogens (tertiary/aromatic N) is 4. The fourth-order valence-electron chi connectivity index (χ4n) is 3.37. The lowest BCUT2D eigenvalue weighted by Gasteiger charge is -2.38. The van der Waals surface area contributed by atoms with E-state index in [1.54, 1.807) is 20.1 Å². The average molecular weight is 437 g/mol. The molecule has 2 unspecified atom stereocenters. The molecule has 1 fully saturated rings. The van der Waals surface area contributed by atoms with Crippen LogP contribution in [0.15, 0.2) is 6.07 Å². The number of aryl methyl sites for hydroxylation is 2. The molecule has 0 aromatic carbocycles. The summed E-state index contributed by atoms with van der Waals surface area (Å²) in [5.41, 5.74) is 1.58. The Hall–Kier alpha value is -2.72. The van der Waals surface area contributed by atoms with Gasteiger partial charge in [-0.05, 0) is 25.8 Å². The number of aromatic amines is 1. The number of anilines is 1. The number of hydrogen-bond donors (Lipinski definition) is 2. The van der Waals surface area contributed by atoms with E-state index in [1.807, 2.05) is 11.8 Å². The van der Waals surface area contributed by atoms with Crippen molar-refractivity contribution >= 4 is 29.4 Å². The van der Waals surface area contributed by atoms with Crippen LogP contribution >= 0.6 is 11.6 Å². The zero-order valence-corrected chi connectivity index (χ0v) is 18.1. The van der Waals surface area contributed by atoms with Gasteiger partial charge in [-0.15, -0.1) is 0 Å². The van der Waals surface area contributed by atoms with Gasteiger partial charge in [0.1, 0.15) is 0 Å². The molecule has 3 rings (SSSR count). The maximum atomic E-state index is 12.6. The van der Waals surface area contributed by atoms with Crippen molar-refractivity contribution in [2.24, 2.45) is 0 Å². The summed E-state index contributed by atoms with van der Waals surface area (Å²) in [4.78, 5) is 42.2.